The third-order valence-corrected chi connectivity index (χ3v) is 5.05. The molecular weight excluding hydrogens is 358 g/mol. The van der Waals surface area contributed by atoms with E-state index in [1.807, 2.05) is 30.3 Å². The lowest BCUT2D eigenvalue weighted by Crippen LogP contribution is -2.36. The van der Waals surface area contributed by atoms with Crippen LogP contribution in [0, 0.1) is 5.92 Å². The number of carbonyl (C=O) groups is 1. The summed E-state index contributed by atoms with van der Waals surface area (Å²) in [6, 6.07) is 10.0. The number of unbranched alkanes of at least 4 members (excludes halogenated alkanes) is 3. The number of allylic oxidation sites excluding steroid dienone is 6. The highest BCUT2D eigenvalue weighted by Crippen LogP contribution is 2.20. The zero-order valence-corrected chi connectivity index (χ0v) is 18.3. The first-order chi connectivity index (χ1) is 14.2. The van der Waals surface area contributed by atoms with Gasteiger partial charge in [0, 0.05) is 7.11 Å². The molecule has 2 N–H and O–H groups in total. The zero-order chi connectivity index (χ0) is 21.2. The number of methoxy groups -OCH3 is 1. The predicted octanol–water partition coefficient (Wildman–Crippen LogP) is 6.15. The second-order valence-corrected chi connectivity index (χ2v) is 7.40. The van der Waals surface area contributed by atoms with Gasteiger partial charge in [0.1, 0.15) is 0 Å². The zero-order valence-electron chi connectivity index (χ0n) is 18.3. The number of rotatable bonds is 16. The number of carbonyl (C=O) groups excluding carboxylic acids is 1. The lowest BCUT2D eigenvalue weighted by molar-refractivity contribution is -0.126. The molecule has 2 atom stereocenters. The highest BCUT2D eigenvalue weighted by atomic mass is 16.5. The largest absolute Gasteiger partial charge is 0.381 e. The molecule has 3 nitrogen and oxygen atoms in total. The van der Waals surface area contributed by atoms with E-state index in [1.165, 1.54) is 0 Å². The van der Waals surface area contributed by atoms with Gasteiger partial charge in [-0.05, 0) is 50.5 Å². The van der Waals surface area contributed by atoms with Crippen molar-refractivity contribution in [3.05, 3.63) is 72.4 Å². The van der Waals surface area contributed by atoms with Gasteiger partial charge in [-0.1, -0.05) is 86.6 Å². The molecule has 0 fully saturated rings. The lowest BCUT2D eigenvalue weighted by Gasteiger charge is -2.23. The van der Waals surface area contributed by atoms with Crippen molar-refractivity contribution in [3.8, 4) is 0 Å². The Morgan fingerprint density at radius 2 is 1.62 bits per heavy atom. The summed E-state index contributed by atoms with van der Waals surface area (Å²) in [5, 5.41) is 0. The number of hydrogen-bond donors (Lipinski definition) is 1. The van der Waals surface area contributed by atoms with Crippen LogP contribution in [0.15, 0.2) is 66.8 Å². The number of nitrogens with two attached hydrogens (primary N) is 1. The van der Waals surface area contributed by atoms with E-state index in [2.05, 4.69) is 43.4 Å². The number of benzene rings is 1. The van der Waals surface area contributed by atoms with Crippen molar-refractivity contribution in [3.63, 3.8) is 0 Å². The van der Waals surface area contributed by atoms with Crippen LogP contribution in [-0.2, 0) is 16.0 Å². The number of primary amides is 1. The van der Waals surface area contributed by atoms with E-state index in [0.29, 0.717) is 6.42 Å². The molecule has 29 heavy (non-hydrogen) atoms. The standard InChI is InChI=1S/C26H39NO2/c1-3-4-5-6-7-8-9-10-11-12-13-14-18-21-25(29-2)24(26(27)28)22-23-19-16-15-17-20-23/h4-5,7-8,10-11,15-17,19-20,24-25H,3,6,9,12-14,18,21-22H2,1-2H3,(H2,27,28)/b5-4-,8-7-,11-10-. The molecule has 1 aromatic carbocycles. The second kappa shape index (κ2) is 16.8. The van der Waals surface area contributed by atoms with Crippen molar-refractivity contribution in [2.24, 2.45) is 11.7 Å². The first-order valence-electron chi connectivity index (χ1n) is 11.0. The smallest absolute Gasteiger partial charge is 0.223 e. The topological polar surface area (TPSA) is 52.3 Å². The third-order valence-electron chi connectivity index (χ3n) is 5.05. The van der Waals surface area contributed by atoms with E-state index >= 15 is 0 Å². The molecule has 3 heteroatoms. The van der Waals surface area contributed by atoms with E-state index in [9.17, 15) is 4.79 Å². The molecule has 1 amide bonds. The van der Waals surface area contributed by atoms with Crippen molar-refractivity contribution in [1.29, 1.82) is 0 Å². The van der Waals surface area contributed by atoms with Gasteiger partial charge in [0.15, 0.2) is 0 Å². The molecule has 0 spiro atoms. The SMILES string of the molecule is CC/C=C\C/C=C\C/C=C\CCCCCC(OC)C(Cc1ccccc1)C(N)=O. The minimum absolute atomic E-state index is 0.116. The van der Waals surface area contributed by atoms with Gasteiger partial charge in [0.2, 0.25) is 5.91 Å². The fourth-order valence-electron chi connectivity index (χ4n) is 3.38. The van der Waals surface area contributed by atoms with Crippen LogP contribution in [0.2, 0.25) is 0 Å². The maximum atomic E-state index is 12.0. The van der Waals surface area contributed by atoms with Crippen molar-refractivity contribution in [1.82, 2.24) is 0 Å². The first-order valence-corrected chi connectivity index (χ1v) is 11.0. The molecule has 2 unspecified atom stereocenters. The number of hydrogen-bond acceptors (Lipinski definition) is 2. The van der Waals surface area contributed by atoms with Crippen LogP contribution in [0.4, 0.5) is 0 Å². The summed E-state index contributed by atoms with van der Waals surface area (Å²) >= 11 is 0. The summed E-state index contributed by atoms with van der Waals surface area (Å²) in [6.45, 7) is 2.15. The molecule has 0 aliphatic heterocycles. The molecule has 0 bridgehead atoms. The summed E-state index contributed by atoms with van der Waals surface area (Å²) in [5.41, 5.74) is 6.79. The van der Waals surface area contributed by atoms with E-state index in [1.54, 1.807) is 7.11 Å². The Kier molecular flexibility index (Phi) is 14.4. The highest BCUT2D eigenvalue weighted by molar-refractivity contribution is 5.77. The van der Waals surface area contributed by atoms with Crippen molar-refractivity contribution in [2.75, 3.05) is 7.11 Å². The average Bonchev–Trinajstić information content (AvgIpc) is 2.73. The second-order valence-electron chi connectivity index (χ2n) is 7.40. The Morgan fingerprint density at radius 1 is 0.966 bits per heavy atom. The van der Waals surface area contributed by atoms with Gasteiger partial charge in [0.25, 0.3) is 0 Å². The minimum Gasteiger partial charge on any atom is -0.381 e. The average molecular weight is 398 g/mol. The Hall–Kier alpha value is -2.13. The van der Waals surface area contributed by atoms with E-state index in [0.717, 1.165) is 56.9 Å². The summed E-state index contributed by atoms with van der Waals surface area (Å²) in [7, 11) is 1.68. The summed E-state index contributed by atoms with van der Waals surface area (Å²) in [4.78, 5) is 12.0. The number of amides is 1. The van der Waals surface area contributed by atoms with E-state index < -0.39 is 0 Å². The maximum absolute atomic E-state index is 12.0. The Balaban J connectivity index is 2.24. The van der Waals surface area contributed by atoms with Crippen LogP contribution in [0.3, 0.4) is 0 Å². The first kappa shape index (κ1) is 24.9. The predicted molar refractivity (Wildman–Crippen MR) is 124 cm³/mol. The van der Waals surface area contributed by atoms with Gasteiger partial charge >= 0.3 is 0 Å². The summed E-state index contributed by atoms with van der Waals surface area (Å²) < 4.78 is 5.63. The van der Waals surface area contributed by atoms with E-state index in [4.69, 9.17) is 10.5 Å². The van der Waals surface area contributed by atoms with Crippen LogP contribution < -0.4 is 5.73 Å². The van der Waals surface area contributed by atoms with Crippen molar-refractivity contribution < 1.29 is 9.53 Å². The molecule has 1 rings (SSSR count). The van der Waals surface area contributed by atoms with Gasteiger partial charge in [-0.25, -0.2) is 0 Å². The molecule has 0 heterocycles. The molecule has 0 aliphatic carbocycles. The van der Waals surface area contributed by atoms with Gasteiger partial charge in [-0.15, -0.1) is 0 Å². The summed E-state index contributed by atoms with van der Waals surface area (Å²) in [5.74, 6) is -0.553. The van der Waals surface area contributed by atoms with Crippen LogP contribution in [0.5, 0.6) is 0 Å². The summed E-state index contributed by atoms with van der Waals surface area (Å²) in [6.07, 6.45) is 22.3. The molecule has 1 aromatic rings. The maximum Gasteiger partial charge on any atom is 0.223 e. The van der Waals surface area contributed by atoms with Crippen LogP contribution >= 0.6 is 0 Å². The van der Waals surface area contributed by atoms with E-state index in [-0.39, 0.29) is 17.9 Å². The molecule has 0 saturated heterocycles. The van der Waals surface area contributed by atoms with Gasteiger partial charge in [-0.3, -0.25) is 4.79 Å². The van der Waals surface area contributed by atoms with Crippen LogP contribution in [0.1, 0.15) is 63.9 Å². The fourth-order valence-corrected chi connectivity index (χ4v) is 3.38. The van der Waals surface area contributed by atoms with Crippen molar-refractivity contribution in [2.45, 2.75) is 70.8 Å². The molecule has 0 radical (unpaired) electrons. The third kappa shape index (κ3) is 12.1. The monoisotopic (exact) mass is 397 g/mol. The Morgan fingerprint density at radius 3 is 2.24 bits per heavy atom. The van der Waals surface area contributed by atoms with Crippen LogP contribution in [-0.4, -0.2) is 19.1 Å². The quantitative estimate of drug-likeness (QED) is 0.268. The molecule has 0 saturated carbocycles. The van der Waals surface area contributed by atoms with Crippen molar-refractivity contribution >= 4 is 5.91 Å². The fraction of sp³-hybridized carbons (Fsp3) is 0.500. The van der Waals surface area contributed by atoms with Crippen LogP contribution in [0.25, 0.3) is 0 Å². The number of ether oxygens (including phenoxy) is 1. The van der Waals surface area contributed by atoms with Gasteiger partial charge < -0.3 is 10.5 Å². The normalized spacial score (nSPS) is 14.1. The Labute approximate surface area is 177 Å². The lowest BCUT2D eigenvalue weighted by atomic mass is 9.90. The molecule has 0 aromatic heterocycles. The Bertz CT molecular complexity index is 619. The molecule has 160 valence electrons. The highest BCUT2D eigenvalue weighted by Gasteiger charge is 2.26. The van der Waals surface area contributed by atoms with Gasteiger partial charge in [0.05, 0.1) is 12.0 Å². The molecular formula is C26H39NO2. The van der Waals surface area contributed by atoms with Gasteiger partial charge in [-0.2, -0.15) is 0 Å². The minimum atomic E-state index is -0.277. The molecule has 0 aliphatic rings.